The molecule has 0 aliphatic heterocycles. The Morgan fingerprint density at radius 2 is 2.07 bits per heavy atom. The number of alkyl carbamates (subject to hydrolysis) is 1. The quantitative estimate of drug-likeness (QED) is 0.720. The molecule has 0 aromatic rings. The summed E-state index contributed by atoms with van der Waals surface area (Å²) in [6.45, 7) is 2.96. The van der Waals surface area contributed by atoms with Crippen molar-refractivity contribution in [2.75, 3.05) is 13.2 Å². The van der Waals surface area contributed by atoms with Crippen LogP contribution in [-0.4, -0.2) is 25.3 Å². The molecular formula is C10H20N2O2. The van der Waals surface area contributed by atoms with Gasteiger partial charge in [0.15, 0.2) is 0 Å². The summed E-state index contributed by atoms with van der Waals surface area (Å²) in [6, 6.07) is 0.369. The third-order valence-corrected chi connectivity index (χ3v) is 2.70. The monoisotopic (exact) mass is 200 g/mol. The summed E-state index contributed by atoms with van der Waals surface area (Å²) >= 11 is 0. The summed E-state index contributed by atoms with van der Waals surface area (Å²) < 4.78 is 4.78. The fraction of sp³-hybridized carbons (Fsp3) is 0.900. The Hall–Kier alpha value is -0.770. The molecule has 82 valence electrons. The van der Waals surface area contributed by atoms with Crippen LogP contribution in [0.1, 0.15) is 32.6 Å². The van der Waals surface area contributed by atoms with E-state index < -0.39 is 0 Å². The number of ether oxygens (including phenoxy) is 1. The average molecular weight is 200 g/mol. The number of nitrogens with one attached hydrogen (secondary N) is 1. The van der Waals surface area contributed by atoms with Gasteiger partial charge in [-0.25, -0.2) is 4.79 Å². The lowest BCUT2D eigenvalue weighted by Crippen LogP contribution is -2.34. The van der Waals surface area contributed by atoms with Crippen LogP contribution in [0.3, 0.4) is 0 Å². The van der Waals surface area contributed by atoms with Gasteiger partial charge < -0.3 is 15.8 Å². The fourth-order valence-corrected chi connectivity index (χ4v) is 1.80. The summed E-state index contributed by atoms with van der Waals surface area (Å²) in [6.07, 6.45) is 4.09. The van der Waals surface area contributed by atoms with E-state index in [9.17, 15) is 4.79 Å². The van der Waals surface area contributed by atoms with E-state index in [1.165, 1.54) is 0 Å². The van der Waals surface area contributed by atoms with E-state index in [1.807, 2.05) is 0 Å². The van der Waals surface area contributed by atoms with E-state index in [0.717, 1.165) is 32.2 Å². The summed E-state index contributed by atoms with van der Waals surface area (Å²) in [7, 11) is 0. The van der Waals surface area contributed by atoms with Crippen LogP contribution in [0.4, 0.5) is 4.79 Å². The Balaban J connectivity index is 2.09. The van der Waals surface area contributed by atoms with Crippen LogP contribution in [0.25, 0.3) is 0 Å². The maximum atomic E-state index is 11.0. The van der Waals surface area contributed by atoms with E-state index >= 15 is 0 Å². The topological polar surface area (TPSA) is 64.3 Å². The minimum atomic E-state index is -0.303. The molecule has 0 unspecified atom stereocenters. The molecule has 4 heteroatoms. The number of hydrogen-bond acceptors (Lipinski definition) is 3. The van der Waals surface area contributed by atoms with Gasteiger partial charge in [0, 0.05) is 12.6 Å². The van der Waals surface area contributed by atoms with Crippen LogP contribution < -0.4 is 11.1 Å². The molecule has 0 aromatic carbocycles. The van der Waals surface area contributed by atoms with Gasteiger partial charge in [0.25, 0.3) is 0 Å². The van der Waals surface area contributed by atoms with E-state index in [0.29, 0.717) is 18.6 Å². The first kappa shape index (κ1) is 11.3. The van der Waals surface area contributed by atoms with Gasteiger partial charge in [-0.1, -0.05) is 0 Å². The zero-order chi connectivity index (χ0) is 10.4. The van der Waals surface area contributed by atoms with Gasteiger partial charge in [-0.15, -0.1) is 0 Å². The maximum Gasteiger partial charge on any atom is 0.407 e. The Kier molecular flexibility index (Phi) is 4.73. The second kappa shape index (κ2) is 5.86. The van der Waals surface area contributed by atoms with E-state index in [-0.39, 0.29) is 6.09 Å². The highest BCUT2D eigenvalue weighted by molar-refractivity contribution is 5.66. The first-order valence-corrected chi connectivity index (χ1v) is 5.38. The highest BCUT2D eigenvalue weighted by Gasteiger charge is 2.18. The third kappa shape index (κ3) is 3.96. The molecule has 0 heterocycles. The molecule has 1 amide bonds. The molecule has 14 heavy (non-hydrogen) atoms. The smallest absolute Gasteiger partial charge is 0.407 e. The van der Waals surface area contributed by atoms with Crippen molar-refractivity contribution in [3.63, 3.8) is 0 Å². The molecular weight excluding hydrogens is 180 g/mol. The summed E-state index contributed by atoms with van der Waals surface area (Å²) in [5.41, 5.74) is 5.79. The summed E-state index contributed by atoms with van der Waals surface area (Å²) in [5.74, 6) is 0.583. The average Bonchev–Trinajstić information content (AvgIpc) is 2.17. The van der Waals surface area contributed by atoms with Crippen molar-refractivity contribution in [1.29, 1.82) is 0 Å². The predicted molar refractivity (Wildman–Crippen MR) is 55.0 cm³/mol. The molecule has 1 saturated carbocycles. The Bertz CT molecular complexity index is 177. The van der Waals surface area contributed by atoms with Crippen molar-refractivity contribution in [3.05, 3.63) is 0 Å². The van der Waals surface area contributed by atoms with Crippen molar-refractivity contribution in [2.24, 2.45) is 11.7 Å². The molecule has 1 fully saturated rings. The maximum absolute atomic E-state index is 11.0. The summed E-state index contributed by atoms with van der Waals surface area (Å²) in [4.78, 5) is 11.0. The van der Waals surface area contributed by atoms with Gasteiger partial charge in [0.05, 0.1) is 6.61 Å². The normalized spacial score (nSPS) is 27.0. The summed E-state index contributed by atoms with van der Waals surface area (Å²) in [5, 5.41) is 2.77. The third-order valence-electron chi connectivity index (χ3n) is 2.70. The molecule has 1 rings (SSSR count). The van der Waals surface area contributed by atoms with Crippen LogP contribution in [-0.2, 0) is 4.74 Å². The van der Waals surface area contributed by atoms with Crippen LogP contribution in [0.5, 0.6) is 0 Å². The molecule has 1 aliphatic carbocycles. The van der Waals surface area contributed by atoms with E-state index in [1.54, 1.807) is 6.92 Å². The van der Waals surface area contributed by atoms with Gasteiger partial charge in [-0.3, -0.25) is 0 Å². The molecule has 0 atom stereocenters. The molecule has 0 spiro atoms. The fourth-order valence-electron chi connectivity index (χ4n) is 1.80. The van der Waals surface area contributed by atoms with Crippen molar-refractivity contribution in [1.82, 2.24) is 5.32 Å². The minimum Gasteiger partial charge on any atom is -0.450 e. The van der Waals surface area contributed by atoms with Gasteiger partial charge in [-0.05, 0) is 38.5 Å². The highest BCUT2D eigenvalue weighted by Crippen LogP contribution is 2.22. The molecule has 0 aromatic heterocycles. The lowest BCUT2D eigenvalue weighted by Gasteiger charge is -2.25. The van der Waals surface area contributed by atoms with Gasteiger partial charge >= 0.3 is 6.09 Å². The first-order chi connectivity index (χ1) is 6.72. The second-order valence-corrected chi connectivity index (χ2v) is 3.88. The number of carbonyl (C=O) groups is 1. The molecule has 3 N–H and O–H groups in total. The number of amides is 1. The molecule has 0 saturated heterocycles. The van der Waals surface area contributed by atoms with E-state index in [4.69, 9.17) is 10.5 Å². The SMILES string of the molecule is CCOC(=O)NCC1CCC(N)CC1. The van der Waals surface area contributed by atoms with E-state index in [2.05, 4.69) is 5.32 Å². The minimum absolute atomic E-state index is 0.303. The van der Waals surface area contributed by atoms with Gasteiger partial charge in [0.1, 0.15) is 0 Å². The van der Waals surface area contributed by atoms with Crippen LogP contribution in [0.2, 0.25) is 0 Å². The lowest BCUT2D eigenvalue weighted by molar-refractivity contribution is 0.149. The zero-order valence-electron chi connectivity index (χ0n) is 8.79. The van der Waals surface area contributed by atoms with Crippen molar-refractivity contribution in [2.45, 2.75) is 38.6 Å². The van der Waals surface area contributed by atoms with Crippen molar-refractivity contribution in [3.8, 4) is 0 Å². The van der Waals surface area contributed by atoms with Crippen LogP contribution in [0.15, 0.2) is 0 Å². The lowest BCUT2D eigenvalue weighted by atomic mass is 9.86. The second-order valence-electron chi connectivity index (χ2n) is 3.88. The molecule has 0 bridgehead atoms. The first-order valence-electron chi connectivity index (χ1n) is 5.38. The molecule has 1 aliphatic rings. The van der Waals surface area contributed by atoms with Crippen molar-refractivity contribution >= 4 is 6.09 Å². The number of hydrogen-bond donors (Lipinski definition) is 2. The number of rotatable bonds is 3. The predicted octanol–water partition coefficient (Wildman–Crippen LogP) is 1.25. The van der Waals surface area contributed by atoms with Crippen LogP contribution in [0, 0.1) is 5.92 Å². The van der Waals surface area contributed by atoms with Crippen LogP contribution >= 0.6 is 0 Å². The Morgan fingerprint density at radius 3 is 2.64 bits per heavy atom. The Morgan fingerprint density at radius 1 is 1.43 bits per heavy atom. The van der Waals surface area contributed by atoms with Crippen molar-refractivity contribution < 1.29 is 9.53 Å². The standard InChI is InChI=1S/C10H20N2O2/c1-2-14-10(13)12-7-8-3-5-9(11)6-4-8/h8-9H,2-7,11H2,1H3,(H,12,13). The van der Waals surface area contributed by atoms with Gasteiger partial charge in [-0.2, -0.15) is 0 Å². The highest BCUT2D eigenvalue weighted by atomic mass is 16.5. The zero-order valence-corrected chi connectivity index (χ0v) is 8.79. The Labute approximate surface area is 85.2 Å². The molecule has 4 nitrogen and oxygen atoms in total. The largest absolute Gasteiger partial charge is 0.450 e. The number of carbonyl (C=O) groups excluding carboxylic acids is 1. The molecule has 0 radical (unpaired) electrons. The van der Waals surface area contributed by atoms with Gasteiger partial charge in [0.2, 0.25) is 0 Å². The number of nitrogens with two attached hydrogens (primary N) is 1.